The van der Waals surface area contributed by atoms with Crippen molar-refractivity contribution in [1.82, 2.24) is 10.3 Å². The predicted molar refractivity (Wildman–Crippen MR) is 73.4 cm³/mol. The minimum Gasteiger partial charge on any atom is -0.478 e. The van der Waals surface area contributed by atoms with E-state index in [1.165, 1.54) is 0 Å². The van der Waals surface area contributed by atoms with E-state index < -0.39 is 0 Å². The van der Waals surface area contributed by atoms with Gasteiger partial charge in [0.2, 0.25) is 5.88 Å². The molecule has 0 spiro atoms. The van der Waals surface area contributed by atoms with Gasteiger partial charge >= 0.3 is 0 Å². The molecule has 0 radical (unpaired) electrons. The Hall–Kier alpha value is -1.62. The van der Waals surface area contributed by atoms with Crippen LogP contribution in [0.3, 0.4) is 0 Å². The van der Waals surface area contributed by atoms with Crippen LogP contribution in [0.15, 0.2) is 18.3 Å². The molecule has 1 heterocycles. The highest BCUT2D eigenvalue weighted by Crippen LogP contribution is 2.09. The Morgan fingerprint density at radius 3 is 2.95 bits per heavy atom. The van der Waals surface area contributed by atoms with Crippen molar-refractivity contribution in [2.24, 2.45) is 0 Å². The van der Waals surface area contributed by atoms with Crippen molar-refractivity contribution < 1.29 is 14.3 Å². The number of carbonyl (C=O) groups is 1. The molecule has 0 aliphatic carbocycles. The number of carbonyl (C=O) groups excluding carboxylic acids is 1. The van der Waals surface area contributed by atoms with Gasteiger partial charge in [0.15, 0.2) is 0 Å². The van der Waals surface area contributed by atoms with E-state index in [2.05, 4.69) is 10.3 Å². The van der Waals surface area contributed by atoms with Crippen LogP contribution in [0, 0.1) is 0 Å². The fourth-order valence-corrected chi connectivity index (χ4v) is 1.47. The van der Waals surface area contributed by atoms with E-state index in [0.717, 1.165) is 6.42 Å². The number of ether oxygens (including phenoxy) is 2. The zero-order valence-corrected chi connectivity index (χ0v) is 11.8. The summed E-state index contributed by atoms with van der Waals surface area (Å²) < 4.78 is 10.7. The summed E-state index contributed by atoms with van der Waals surface area (Å²) in [6, 6.07) is 3.31. The SMILES string of the molecule is CCOc1cc(C(=O)NCCCOC(C)C)ccn1. The molecule has 0 saturated carbocycles. The van der Waals surface area contributed by atoms with Crippen LogP contribution in [0.4, 0.5) is 0 Å². The van der Waals surface area contributed by atoms with E-state index in [9.17, 15) is 4.79 Å². The highest BCUT2D eigenvalue weighted by Gasteiger charge is 2.06. The van der Waals surface area contributed by atoms with Crippen LogP contribution in [0.1, 0.15) is 37.6 Å². The van der Waals surface area contributed by atoms with Crippen LogP contribution >= 0.6 is 0 Å². The number of nitrogens with one attached hydrogen (secondary N) is 1. The van der Waals surface area contributed by atoms with E-state index in [1.54, 1.807) is 18.3 Å². The zero-order valence-electron chi connectivity index (χ0n) is 11.8. The number of amides is 1. The van der Waals surface area contributed by atoms with Gasteiger partial charge in [0.25, 0.3) is 5.91 Å². The topological polar surface area (TPSA) is 60.5 Å². The molecule has 1 aromatic heterocycles. The average molecular weight is 266 g/mol. The first-order valence-corrected chi connectivity index (χ1v) is 6.62. The molecule has 0 atom stereocenters. The second kappa shape index (κ2) is 8.48. The molecule has 0 saturated heterocycles. The highest BCUT2D eigenvalue weighted by molar-refractivity contribution is 5.94. The molecule has 0 fully saturated rings. The number of pyridine rings is 1. The van der Waals surface area contributed by atoms with Crippen molar-refractivity contribution in [3.63, 3.8) is 0 Å². The first kappa shape index (κ1) is 15.4. The van der Waals surface area contributed by atoms with Gasteiger partial charge in [0, 0.05) is 31.0 Å². The molecule has 5 nitrogen and oxygen atoms in total. The van der Waals surface area contributed by atoms with Gasteiger partial charge in [-0.1, -0.05) is 0 Å². The van der Waals surface area contributed by atoms with Gasteiger partial charge in [-0.25, -0.2) is 4.98 Å². The standard InChI is InChI=1S/C14H22N2O3/c1-4-18-13-10-12(6-8-15-13)14(17)16-7-5-9-19-11(2)3/h6,8,10-11H,4-5,7,9H2,1-3H3,(H,16,17). The average Bonchev–Trinajstić information content (AvgIpc) is 2.38. The largest absolute Gasteiger partial charge is 0.478 e. The summed E-state index contributed by atoms with van der Waals surface area (Å²) in [4.78, 5) is 15.9. The van der Waals surface area contributed by atoms with Gasteiger partial charge in [-0.05, 0) is 33.3 Å². The molecule has 106 valence electrons. The lowest BCUT2D eigenvalue weighted by molar-refractivity contribution is 0.0757. The zero-order chi connectivity index (χ0) is 14.1. The third-order valence-electron chi connectivity index (χ3n) is 2.35. The molecule has 5 heteroatoms. The summed E-state index contributed by atoms with van der Waals surface area (Å²) in [6.45, 7) is 7.64. The molecule has 0 aliphatic heterocycles. The quantitative estimate of drug-likeness (QED) is 0.731. The van der Waals surface area contributed by atoms with Crippen molar-refractivity contribution in [2.75, 3.05) is 19.8 Å². The number of hydrogen-bond acceptors (Lipinski definition) is 4. The minimum atomic E-state index is -0.118. The minimum absolute atomic E-state index is 0.118. The van der Waals surface area contributed by atoms with Crippen LogP contribution in [-0.4, -0.2) is 36.8 Å². The second-order valence-corrected chi connectivity index (χ2v) is 4.34. The first-order chi connectivity index (χ1) is 9.13. The molecule has 0 unspecified atom stereocenters. The Balaban J connectivity index is 2.34. The van der Waals surface area contributed by atoms with Crippen molar-refractivity contribution in [3.8, 4) is 5.88 Å². The van der Waals surface area contributed by atoms with Crippen molar-refractivity contribution in [3.05, 3.63) is 23.9 Å². The normalized spacial score (nSPS) is 10.5. The van der Waals surface area contributed by atoms with Crippen molar-refractivity contribution >= 4 is 5.91 Å². The Kier molecular flexibility index (Phi) is 6.89. The molecule has 0 bridgehead atoms. The molecule has 1 N–H and O–H groups in total. The molecule has 0 aliphatic rings. The summed E-state index contributed by atoms with van der Waals surface area (Å²) in [5.74, 6) is 0.353. The third kappa shape index (κ3) is 6.20. The Morgan fingerprint density at radius 1 is 1.47 bits per heavy atom. The van der Waals surface area contributed by atoms with E-state index in [4.69, 9.17) is 9.47 Å². The molecule has 1 rings (SSSR count). The first-order valence-electron chi connectivity index (χ1n) is 6.62. The van der Waals surface area contributed by atoms with Crippen molar-refractivity contribution in [2.45, 2.75) is 33.3 Å². The molecule has 1 amide bonds. The summed E-state index contributed by atoms with van der Waals surface area (Å²) in [6.07, 6.45) is 2.60. The lowest BCUT2D eigenvalue weighted by Gasteiger charge is -2.09. The number of nitrogens with zero attached hydrogens (tertiary/aromatic N) is 1. The van der Waals surface area contributed by atoms with Gasteiger partial charge in [0.1, 0.15) is 0 Å². The van der Waals surface area contributed by atoms with Gasteiger partial charge in [0.05, 0.1) is 12.7 Å². The van der Waals surface area contributed by atoms with Crippen LogP contribution in [-0.2, 0) is 4.74 Å². The molecular formula is C14H22N2O3. The Labute approximate surface area is 114 Å². The van der Waals surface area contributed by atoms with Crippen LogP contribution in [0.2, 0.25) is 0 Å². The van der Waals surface area contributed by atoms with Crippen molar-refractivity contribution in [1.29, 1.82) is 0 Å². The lowest BCUT2D eigenvalue weighted by atomic mass is 10.2. The van der Waals surface area contributed by atoms with Crippen LogP contribution in [0.5, 0.6) is 5.88 Å². The Morgan fingerprint density at radius 2 is 2.26 bits per heavy atom. The van der Waals surface area contributed by atoms with E-state index in [1.807, 2.05) is 20.8 Å². The van der Waals surface area contributed by atoms with Gasteiger partial charge in [-0.15, -0.1) is 0 Å². The Bertz CT molecular complexity index is 394. The van der Waals surface area contributed by atoms with E-state index in [0.29, 0.717) is 31.2 Å². The molecule has 19 heavy (non-hydrogen) atoms. The van der Waals surface area contributed by atoms with Gasteiger partial charge in [-0.3, -0.25) is 4.79 Å². The van der Waals surface area contributed by atoms with Gasteiger partial charge < -0.3 is 14.8 Å². The molecule has 0 aromatic carbocycles. The van der Waals surface area contributed by atoms with E-state index in [-0.39, 0.29) is 12.0 Å². The molecular weight excluding hydrogens is 244 g/mol. The maximum absolute atomic E-state index is 11.9. The monoisotopic (exact) mass is 266 g/mol. The summed E-state index contributed by atoms with van der Waals surface area (Å²) >= 11 is 0. The van der Waals surface area contributed by atoms with E-state index >= 15 is 0 Å². The number of rotatable bonds is 8. The third-order valence-corrected chi connectivity index (χ3v) is 2.35. The predicted octanol–water partition coefficient (Wildman–Crippen LogP) is 2.03. The second-order valence-electron chi connectivity index (χ2n) is 4.34. The summed E-state index contributed by atoms with van der Waals surface area (Å²) in [7, 11) is 0. The van der Waals surface area contributed by atoms with Gasteiger partial charge in [-0.2, -0.15) is 0 Å². The maximum Gasteiger partial charge on any atom is 0.251 e. The fraction of sp³-hybridized carbons (Fsp3) is 0.571. The summed E-state index contributed by atoms with van der Waals surface area (Å²) in [5, 5.41) is 2.84. The lowest BCUT2D eigenvalue weighted by Crippen LogP contribution is -2.25. The number of aromatic nitrogens is 1. The fourth-order valence-electron chi connectivity index (χ4n) is 1.47. The number of hydrogen-bond donors (Lipinski definition) is 1. The molecule has 1 aromatic rings. The summed E-state index contributed by atoms with van der Waals surface area (Å²) in [5.41, 5.74) is 0.559. The smallest absolute Gasteiger partial charge is 0.251 e. The highest BCUT2D eigenvalue weighted by atomic mass is 16.5. The van der Waals surface area contributed by atoms with Crippen LogP contribution in [0.25, 0.3) is 0 Å². The van der Waals surface area contributed by atoms with Crippen LogP contribution < -0.4 is 10.1 Å². The maximum atomic E-state index is 11.9.